The van der Waals surface area contributed by atoms with E-state index in [2.05, 4.69) is 22.9 Å². The van der Waals surface area contributed by atoms with Crippen molar-refractivity contribution in [2.75, 3.05) is 11.9 Å². The van der Waals surface area contributed by atoms with Gasteiger partial charge < -0.3 is 14.6 Å². The Kier molecular flexibility index (Phi) is 7.56. The van der Waals surface area contributed by atoms with Gasteiger partial charge in [-0.3, -0.25) is 4.79 Å². The summed E-state index contributed by atoms with van der Waals surface area (Å²) in [4.78, 5) is 31.6. The van der Waals surface area contributed by atoms with Gasteiger partial charge in [0, 0.05) is 39.4 Å². The summed E-state index contributed by atoms with van der Waals surface area (Å²) >= 11 is 1.63. The van der Waals surface area contributed by atoms with Gasteiger partial charge in [-0.15, -0.1) is 11.3 Å². The molecule has 1 N–H and O–H groups in total. The van der Waals surface area contributed by atoms with Crippen molar-refractivity contribution in [3.63, 3.8) is 0 Å². The van der Waals surface area contributed by atoms with E-state index in [0.29, 0.717) is 17.7 Å². The molecule has 2 heterocycles. The number of para-hydroxylation sites is 1. The minimum absolute atomic E-state index is 0.102. The third-order valence-corrected chi connectivity index (χ3v) is 8.04. The first kappa shape index (κ1) is 25.7. The van der Waals surface area contributed by atoms with Crippen molar-refractivity contribution in [1.82, 2.24) is 4.57 Å². The van der Waals surface area contributed by atoms with Crippen molar-refractivity contribution in [2.45, 2.75) is 46.5 Å². The number of hydrogen-bond donors (Lipinski definition) is 1. The van der Waals surface area contributed by atoms with E-state index in [4.69, 9.17) is 9.73 Å². The number of carbonyl (C=O) groups is 2. The van der Waals surface area contributed by atoms with E-state index in [0.717, 1.165) is 64.6 Å². The van der Waals surface area contributed by atoms with Gasteiger partial charge >= 0.3 is 5.97 Å². The van der Waals surface area contributed by atoms with Crippen LogP contribution in [0.25, 0.3) is 5.69 Å². The Morgan fingerprint density at radius 2 is 1.79 bits per heavy atom. The molecule has 0 spiro atoms. The van der Waals surface area contributed by atoms with Crippen molar-refractivity contribution in [2.24, 2.45) is 4.99 Å². The van der Waals surface area contributed by atoms with Crippen LogP contribution in [0.15, 0.2) is 65.7 Å². The minimum Gasteiger partial charge on any atom is -0.462 e. The Labute approximate surface area is 227 Å². The SMILES string of the molecule is CCOC(=O)c1ccc(-n2c(C)cc(C=Nc3sc4c(c3C(=O)Nc3ccccc3)CCCC4)c2C)cc1. The number of nitrogens with one attached hydrogen (secondary N) is 1. The predicted octanol–water partition coefficient (Wildman–Crippen LogP) is 7.21. The number of amides is 1. The second kappa shape index (κ2) is 11.2. The number of anilines is 1. The first-order chi connectivity index (χ1) is 18.5. The average molecular weight is 526 g/mol. The molecule has 1 amide bonds. The summed E-state index contributed by atoms with van der Waals surface area (Å²) in [7, 11) is 0. The number of esters is 1. The van der Waals surface area contributed by atoms with Crippen LogP contribution in [-0.4, -0.2) is 29.3 Å². The number of aliphatic imine (C=N–C) groups is 1. The summed E-state index contributed by atoms with van der Waals surface area (Å²) in [6.45, 7) is 6.25. The van der Waals surface area contributed by atoms with Crippen LogP contribution in [0.4, 0.5) is 10.7 Å². The number of rotatable bonds is 7. The van der Waals surface area contributed by atoms with Crippen LogP contribution in [0.2, 0.25) is 0 Å². The van der Waals surface area contributed by atoms with Gasteiger partial charge in [0.15, 0.2) is 0 Å². The minimum atomic E-state index is -0.321. The molecule has 0 atom stereocenters. The Hall–Kier alpha value is -3.97. The van der Waals surface area contributed by atoms with Gasteiger partial charge in [-0.2, -0.15) is 0 Å². The Balaban J connectivity index is 1.45. The molecule has 0 bridgehead atoms. The lowest BCUT2D eigenvalue weighted by molar-refractivity contribution is 0.0526. The molecule has 5 rings (SSSR count). The van der Waals surface area contributed by atoms with Crippen molar-refractivity contribution >= 4 is 40.1 Å². The largest absolute Gasteiger partial charge is 0.462 e. The zero-order valence-corrected chi connectivity index (χ0v) is 22.7. The van der Waals surface area contributed by atoms with Gasteiger partial charge in [-0.25, -0.2) is 9.79 Å². The van der Waals surface area contributed by atoms with Crippen LogP contribution in [0.3, 0.4) is 0 Å². The van der Waals surface area contributed by atoms with E-state index >= 15 is 0 Å². The zero-order chi connectivity index (χ0) is 26.6. The van der Waals surface area contributed by atoms with E-state index in [9.17, 15) is 9.59 Å². The molecule has 2 aromatic heterocycles. The van der Waals surface area contributed by atoms with Gasteiger partial charge in [0.2, 0.25) is 0 Å². The fraction of sp³-hybridized carbons (Fsp3) is 0.258. The van der Waals surface area contributed by atoms with Crippen LogP contribution in [0.1, 0.15) is 67.9 Å². The monoisotopic (exact) mass is 525 g/mol. The van der Waals surface area contributed by atoms with Crippen LogP contribution < -0.4 is 5.32 Å². The number of benzene rings is 2. The third kappa shape index (κ3) is 5.20. The number of thiophene rings is 1. The molecule has 1 aliphatic rings. The fourth-order valence-electron chi connectivity index (χ4n) is 5.00. The molecular formula is C31H31N3O3S. The van der Waals surface area contributed by atoms with Crippen molar-refractivity contribution in [3.05, 3.63) is 99.2 Å². The quantitative estimate of drug-likeness (QED) is 0.205. The lowest BCUT2D eigenvalue weighted by atomic mass is 9.95. The first-order valence-corrected chi connectivity index (χ1v) is 13.8. The number of aromatic nitrogens is 1. The summed E-state index contributed by atoms with van der Waals surface area (Å²) in [5.74, 6) is -0.423. The standard InChI is InChI=1S/C31H31N3O3S/c1-4-37-31(36)22-14-16-25(17-15-22)34-20(2)18-23(21(34)3)19-32-30-28(26-12-8-9-13-27(26)38-30)29(35)33-24-10-6-5-7-11-24/h5-7,10-11,14-19H,4,8-9,12-13H2,1-3H3,(H,33,35). The number of fused-ring (bicyclic) bond motifs is 1. The third-order valence-electron chi connectivity index (χ3n) is 6.84. The molecule has 0 saturated heterocycles. The predicted molar refractivity (Wildman–Crippen MR) is 154 cm³/mol. The lowest BCUT2D eigenvalue weighted by Gasteiger charge is -2.12. The summed E-state index contributed by atoms with van der Waals surface area (Å²) < 4.78 is 7.24. The summed E-state index contributed by atoms with van der Waals surface area (Å²) in [5.41, 5.74) is 7.19. The number of hydrogen-bond acceptors (Lipinski definition) is 5. The highest BCUT2D eigenvalue weighted by molar-refractivity contribution is 7.16. The molecule has 194 valence electrons. The van der Waals surface area contributed by atoms with Gasteiger partial charge in [-0.05, 0) is 94.5 Å². The maximum Gasteiger partial charge on any atom is 0.338 e. The molecule has 2 aromatic carbocycles. The molecule has 0 saturated carbocycles. The van der Waals surface area contributed by atoms with Gasteiger partial charge in [-0.1, -0.05) is 18.2 Å². The average Bonchev–Trinajstić information content (AvgIpc) is 3.44. The molecule has 4 aromatic rings. The number of carbonyl (C=O) groups excluding carboxylic acids is 2. The number of ether oxygens (including phenoxy) is 1. The molecule has 7 heteroatoms. The molecular weight excluding hydrogens is 494 g/mol. The molecule has 1 aliphatic carbocycles. The van der Waals surface area contributed by atoms with Crippen LogP contribution >= 0.6 is 11.3 Å². The van der Waals surface area contributed by atoms with E-state index in [1.54, 1.807) is 30.4 Å². The maximum atomic E-state index is 13.4. The molecule has 0 unspecified atom stereocenters. The smallest absolute Gasteiger partial charge is 0.338 e. The first-order valence-electron chi connectivity index (χ1n) is 13.0. The number of nitrogens with zero attached hydrogens (tertiary/aromatic N) is 2. The van der Waals surface area contributed by atoms with Gasteiger partial charge in [0.25, 0.3) is 5.91 Å². The van der Waals surface area contributed by atoms with Gasteiger partial charge in [0.1, 0.15) is 5.00 Å². The molecule has 0 fully saturated rings. The highest BCUT2D eigenvalue weighted by atomic mass is 32.1. The Morgan fingerprint density at radius 1 is 1.05 bits per heavy atom. The molecule has 6 nitrogen and oxygen atoms in total. The summed E-state index contributed by atoms with van der Waals surface area (Å²) in [6.07, 6.45) is 6.01. The second-order valence-electron chi connectivity index (χ2n) is 9.40. The molecule has 38 heavy (non-hydrogen) atoms. The number of aryl methyl sites for hydroxylation is 2. The summed E-state index contributed by atoms with van der Waals surface area (Å²) in [6, 6.07) is 19.1. The highest BCUT2D eigenvalue weighted by Crippen LogP contribution is 2.40. The van der Waals surface area contributed by atoms with Crippen LogP contribution in [0, 0.1) is 13.8 Å². The summed E-state index contributed by atoms with van der Waals surface area (Å²) in [5, 5.41) is 3.81. The van der Waals surface area contributed by atoms with Crippen LogP contribution in [0.5, 0.6) is 0 Å². The fourth-order valence-corrected chi connectivity index (χ4v) is 6.23. The van der Waals surface area contributed by atoms with E-state index in [-0.39, 0.29) is 11.9 Å². The van der Waals surface area contributed by atoms with Crippen molar-refractivity contribution in [1.29, 1.82) is 0 Å². The second-order valence-corrected chi connectivity index (χ2v) is 10.5. The topological polar surface area (TPSA) is 72.7 Å². The van der Waals surface area contributed by atoms with E-state index in [1.807, 2.05) is 55.6 Å². The van der Waals surface area contributed by atoms with E-state index < -0.39 is 0 Å². The highest BCUT2D eigenvalue weighted by Gasteiger charge is 2.25. The Bertz CT molecular complexity index is 1500. The molecule has 0 aliphatic heterocycles. The zero-order valence-electron chi connectivity index (χ0n) is 21.9. The van der Waals surface area contributed by atoms with E-state index in [1.165, 1.54) is 4.88 Å². The van der Waals surface area contributed by atoms with Crippen LogP contribution in [-0.2, 0) is 17.6 Å². The maximum absolute atomic E-state index is 13.4. The Morgan fingerprint density at radius 3 is 2.53 bits per heavy atom. The lowest BCUT2D eigenvalue weighted by Crippen LogP contribution is -2.14. The molecule has 0 radical (unpaired) electrons. The van der Waals surface area contributed by atoms with Gasteiger partial charge in [0.05, 0.1) is 17.7 Å². The van der Waals surface area contributed by atoms with Crippen molar-refractivity contribution in [3.8, 4) is 5.69 Å². The van der Waals surface area contributed by atoms with Crippen molar-refractivity contribution < 1.29 is 14.3 Å². The normalized spacial score (nSPS) is 12.9.